The smallest absolute Gasteiger partial charge is 0.253 e. The Kier molecular flexibility index (Phi) is 7.30. The van der Waals surface area contributed by atoms with Crippen LogP contribution in [0.25, 0.3) is 10.9 Å². The molecule has 3 rings (SSSR count). The van der Waals surface area contributed by atoms with Crippen LogP contribution in [0, 0.1) is 11.3 Å². The highest BCUT2D eigenvalue weighted by atomic mass is 35.5. The number of carbonyl (C=O) groups is 1. The van der Waals surface area contributed by atoms with E-state index in [9.17, 15) is 18.5 Å². The Bertz CT molecular complexity index is 1360. The number of nitrogens with one attached hydrogen (secondary N) is 2. The lowest BCUT2D eigenvalue weighted by Crippen LogP contribution is -2.28. The summed E-state index contributed by atoms with van der Waals surface area (Å²) in [5.41, 5.74) is 7.01. The second-order valence-electron chi connectivity index (χ2n) is 7.43. The molecule has 10 nitrogen and oxygen atoms in total. The number of rotatable bonds is 8. The van der Waals surface area contributed by atoms with Gasteiger partial charge in [-0.2, -0.15) is 5.26 Å². The molecule has 33 heavy (non-hydrogen) atoms. The number of hydrogen-bond acceptors (Lipinski definition) is 9. The van der Waals surface area contributed by atoms with Gasteiger partial charge in [-0.25, -0.2) is 23.4 Å². The van der Waals surface area contributed by atoms with E-state index < -0.39 is 21.8 Å². The van der Waals surface area contributed by atoms with Crippen LogP contribution < -0.4 is 16.4 Å². The summed E-state index contributed by atoms with van der Waals surface area (Å²) in [7, 11) is -3.12. The van der Waals surface area contributed by atoms with Gasteiger partial charge in [0, 0.05) is 18.2 Å². The van der Waals surface area contributed by atoms with Crippen molar-refractivity contribution in [3.8, 4) is 6.07 Å². The minimum Gasteiger partial charge on any atom is -0.382 e. The number of fused-ring (bicyclic) bond motifs is 1. The summed E-state index contributed by atoms with van der Waals surface area (Å²) in [5.74, 6) is -0.210. The van der Waals surface area contributed by atoms with Crippen molar-refractivity contribution in [2.24, 2.45) is 0 Å². The lowest BCUT2D eigenvalue weighted by molar-refractivity contribution is 0.0952. The minimum atomic E-state index is -3.12. The first-order valence-electron chi connectivity index (χ1n) is 9.93. The summed E-state index contributed by atoms with van der Waals surface area (Å²) in [6.45, 7) is 1.94. The molecule has 0 radical (unpaired) electrons. The van der Waals surface area contributed by atoms with Gasteiger partial charge in [0.2, 0.25) is 0 Å². The number of amides is 1. The molecule has 0 bridgehead atoms. The van der Waals surface area contributed by atoms with E-state index >= 15 is 0 Å². The van der Waals surface area contributed by atoms with Crippen LogP contribution in [0.1, 0.15) is 41.0 Å². The lowest BCUT2D eigenvalue weighted by atomic mass is 10.0. The van der Waals surface area contributed by atoms with E-state index in [2.05, 4.69) is 25.6 Å². The third-order valence-corrected chi connectivity index (χ3v) is 6.14. The van der Waals surface area contributed by atoms with Crippen molar-refractivity contribution >= 4 is 49.9 Å². The average molecular weight is 488 g/mol. The molecule has 4 N–H and O–H groups in total. The van der Waals surface area contributed by atoms with E-state index in [0.29, 0.717) is 21.6 Å². The zero-order valence-electron chi connectivity index (χ0n) is 18.0. The molecule has 3 aromatic rings. The van der Waals surface area contributed by atoms with Crippen LogP contribution >= 0.6 is 11.6 Å². The highest BCUT2D eigenvalue weighted by Crippen LogP contribution is 2.29. The average Bonchev–Trinajstić information content (AvgIpc) is 2.75. The maximum Gasteiger partial charge on any atom is 0.253 e. The fraction of sp³-hybridized carbons (Fsp3) is 0.286. The summed E-state index contributed by atoms with van der Waals surface area (Å²) in [5, 5.41) is 16.3. The van der Waals surface area contributed by atoms with Gasteiger partial charge in [0.05, 0.1) is 33.6 Å². The molecule has 2 heterocycles. The van der Waals surface area contributed by atoms with Gasteiger partial charge in [-0.3, -0.25) is 4.79 Å². The summed E-state index contributed by atoms with van der Waals surface area (Å²) >= 11 is 6.32. The number of aromatic nitrogens is 3. The van der Waals surface area contributed by atoms with Crippen molar-refractivity contribution < 1.29 is 13.2 Å². The molecule has 1 aromatic carbocycles. The van der Waals surface area contributed by atoms with Crippen molar-refractivity contribution in [3.63, 3.8) is 0 Å². The van der Waals surface area contributed by atoms with Gasteiger partial charge < -0.3 is 16.4 Å². The fourth-order valence-electron chi connectivity index (χ4n) is 3.21. The molecular formula is C21H22ClN7O3S. The van der Waals surface area contributed by atoms with E-state index in [1.165, 1.54) is 6.33 Å². The molecule has 0 fully saturated rings. The topological polar surface area (TPSA) is 164 Å². The molecule has 1 unspecified atom stereocenters. The zero-order chi connectivity index (χ0) is 24.2. The molecule has 0 aliphatic rings. The summed E-state index contributed by atoms with van der Waals surface area (Å²) in [6.07, 6.45) is 2.66. The number of nitriles is 1. The number of benzene rings is 1. The number of para-hydroxylation sites is 1. The third-order valence-electron chi connectivity index (χ3n) is 4.80. The molecular weight excluding hydrogens is 466 g/mol. The quantitative estimate of drug-likeness (QED) is 0.404. The zero-order valence-corrected chi connectivity index (χ0v) is 19.5. The van der Waals surface area contributed by atoms with Gasteiger partial charge in [0.15, 0.2) is 0 Å². The molecule has 1 amide bonds. The maximum absolute atomic E-state index is 13.0. The molecule has 0 saturated heterocycles. The number of nitrogen functional groups attached to an aromatic ring is 1. The standard InChI is InChI=1S/C21H22ClN7O3S/c1-12(28-20-15(10-23)19(24)26-11-27-20)17-14(21(30)25-7-4-8-33(2,31)32)9-13-5-3-6-16(22)18(13)29-17/h3,5-6,9,11-12H,4,7-8H2,1-2H3,(H,25,30)(H3,24,26,27,28). The summed E-state index contributed by atoms with van der Waals surface area (Å²) < 4.78 is 22.7. The Morgan fingerprint density at radius 1 is 1.33 bits per heavy atom. The molecule has 1 atom stereocenters. The molecule has 0 spiro atoms. The van der Waals surface area contributed by atoms with Gasteiger partial charge in [0.25, 0.3) is 5.91 Å². The number of pyridine rings is 1. The lowest BCUT2D eigenvalue weighted by Gasteiger charge is -2.19. The number of anilines is 2. The molecule has 0 aliphatic heterocycles. The van der Waals surface area contributed by atoms with Gasteiger partial charge in [-0.1, -0.05) is 23.7 Å². The highest BCUT2D eigenvalue weighted by Gasteiger charge is 2.22. The Morgan fingerprint density at radius 3 is 2.79 bits per heavy atom. The predicted molar refractivity (Wildman–Crippen MR) is 127 cm³/mol. The van der Waals surface area contributed by atoms with E-state index in [4.69, 9.17) is 17.3 Å². The van der Waals surface area contributed by atoms with Crippen molar-refractivity contribution in [3.05, 3.63) is 52.4 Å². The number of sulfone groups is 1. The summed E-state index contributed by atoms with van der Waals surface area (Å²) in [4.78, 5) is 25.5. The van der Waals surface area contributed by atoms with E-state index in [1.54, 1.807) is 31.2 Å². The van der Waals surface area contributed by atoms with Gasteiger partial charge in [-0.15, -0.1) is 0 Å². The minimum absolute atomic E-state index is 0.0283. The number of nitrogens with zero attached hydrogens (tertiary/aromatic N) is 4. The van der Waals surface area contributed by atoms with E-state index in [0.717, 1.165) is 6.26 Å². The maximum atomic E-state index is 13.0. The second-order valence-corrected chi connectivity index (χ2v) is 10.1. The summed E-state index contributed by atoms with van der Waals surface area (Å²) in [6, 6.07) is 8.31. The predicted octanol–water partition coefficient (Wildman–Crippen LogP) is 2.47. The SMILES string of the molecule is CC(Nc1ncnc(N)c1C#N)c1nc2c(Cl)cccc2cc1C(=O)NCCCS(C)(=O)=O. The number of carbonyl (C=O) groups excluding carboxylic acids is 1. The molecule has 2 aromatic heterocycles. The Labute approximate surface area is 196 Å². The molecule has 0 aliphatic carbocycles. The fourth-order valence-corrected chi connectivity index (χ4v) is 4.11. The molecule has 172 valence electrons. The van der Waals surface area contributed by atoms with Crippen LogP contribution in [0.15, 0.2) is 30.6 Å². The number of halogens is 1. The van der Waals surface area contributed by atoms with Crippen molar-refractivity contribution in [1.82, 2.24) is 20.3 Å². The van der Waals surface area contributed by atoms with Gasteiger partial charge in [0.1, 0.15) is 39.4 Å². The normalized spacial score (nSPS) is 12.2. The van der Waals surface area contributed by atoms with Crippen LogP contribution in [-0.2, 0) is 9.84 Å². The van der Waals surface area contributed by atoms with Crippen LogP contribution in [0.5, 0.6) is 0 Å². The van der Waals surface area contributed by atoms with Crippen molar-refractivity contribution in [1.29, 1.82) is 5.26 Å². The van der Waals surface area contributed by atoms with E-state index in [1.807, 2.05) is 6.07 Å². The van der Waals surface area contributed by atoms with Crippen molar-refractivity contribution in [2.75, 3.05) is 29.6 Å². The largest absolute Gasteiger partial charge is 0.382 e. The van der Waals surface area contributed by atoms with Gasteiger partial charge >= 0.3 is 0 Å². The Morgan fingerprint density at radius 2 is 2.09 bits per heavy atom. The van der Waals surface area contributed by atoms with Crippen LogP contribution in [0.4, 0.5) is 11.6 Å². The monoisotopic (exact) mass is 487 g/mol. The van der Waals surface area contributed by atoms with Crippen molar-refractivity contribution in [2.45, 2.75) is 19.4 Å². The van der Waals surface area contributed by atoms with Crippen LogP contribution in [0.3, 0.4) is 0 Å². The Balaban J connectivity index is 1.96. The second kappa shape index (κ2) is 9.97. The number of hydrogen-bond donors (Lipinski definition) is 3. The first kappa shape index (κ1) is 24.2. The molecule has 0 saturated carbocycles. The van der Waals surface area contributed by atoms with Crippen LogP contribution in [-0.4, -0.2) is 47.8 Å². The highest BCUT2D eigenvalue weighted by molar-refractivity contribution is 7.90. The first-order valence-corrected chi connectivity index (χ1v) is 12.4. The Hall–Kier alpha value is -3.49. The van der Waals surface area contributed by atoms with Crippen LogP contribution in [0.2, 0.25) is 5.02 Å². The molecule has 12 heteroatoms. The number of nitrogens with two attached hydrogens (primary N) is 1. The first-order chi connectivity index (χ1) is 15.6. The van der Waals surface area contributed by atoms with E-state index in [-0.39, 0.29) is 41.5 Å². The third kappa shape index (κ3) is 5.85. The van der Waals surface area contributed by atoms with Gasteiger partial charge in [-0.05, 0) is 25.5 Å².